The maximum atomic E-state index is 14.2. The topological polar surface area (TPSA) is 23.6 Å². The molecule has 0 N–H and O–H groups in total. The van der Waals surface area contributed by atoms with Crippen molar-refractivity contribution >= 4 is 18.8 Å². The van der Waals surface area contributed by atoms with Gasteiger partial charge >= 0.3 is 0 Å². The third-order valence-corrected chi connectivity index (χ3v) is 7.76. The Balaban J connectivity index is 2.09. The van der Waals surface area contributed by atoms with Gasteiger partial charge in [-0.2, -0.15) is 0 Å². The van der Waals surface area contributed by atoms with Crippen molar-refractivity contribution in [2.75, 3.05) is 22.4 Å². The molecule has 3 rings (SSSR count). The Morgan fingerprint density at radius 1 is 0.913 bits per heavy atom. The van der Waals surface area contributed by atoms with Gasteiger partial charge in [-0.15, -0.1) is 0 Å². The minimum absolute atomic E-state index is 0.163. The van der Waals surface area contributed by atoms with Gasteiger partial charge in [-0.25, -0.2) is 0 Å². The highest BCUT2D eigenvalue weighted by molar-refractivity contribution is 7.71. The van der Waals surface area contributed by atoms with E-state index in [-0.39, 0.29) is 5.92 Å². The Morgan fingerprint density at radius 3 is 1.65 bits per heavy atom. The summed E-state index contributed by atoms with van der Waals surface area (Å²) in [6, 6.07) is 20.0. The Labute approximate surface area is 138 Å². The molecular weight excluding hydrogens is 303 g/mol. The van der Waals surface area contributed by atoms with E-state index in [1.165, 1.54) is 0 Å². The van der Waals surface area contributed by atoms with Crippen molar-refractivity contribution in [2.45, 2.75) is 13.8 Å². The van der Waals surface area contributed by atoms with Gasteiger partial charge in [0.05, 0.1) is 0 Å². The number of rotatable bonds is 4. The highest BCUT2D eigenvalue weighted by atomic mass is 31.2. The molecule has 2 aromatic rings. The van der Waals surface area contributed by atoms with Gasteiger partial charge in [0.2, 0.25) is 0 Å². The lowest BCUT2D eigenvalue weighted by atomic mass is 10.2. The molecule has 0 aromatic heterocycles. The molecule has 0 atom stereocenters. The lowest BCUT2D eigenvalue weighted by Crippen LogP contribution is -2.21. The van der Waals surface area contributed by atoms with Crippen molar-refractivity contribution in [2.24, 2.45) is 5.92 Å². The number of allylic oxidation sites excluding steroid dienone is 1. The molecule has 1 aliphatic heterocycles. The van der Waals surface area contributed by atoms with Crippen LogP contribution in [-0.4, -0.2) is 13.1 Å². The van der Waals surface area contributed by atoms with Crippen LogP contribution in [-0.2, 0) is 4.57 Å². The highest BCUT2D eigenvalue weighted by Gasteiger charge is 2.46. The van der Waals surface area contributed by atoms with Gasteiger partial charge in [-0.3, -0.25) is 4.57 Å². The highest BCUT2D eigenvalue weighted by Crippen LogP contribution is 2.66. The first-order chi connectivity index (χ1) is 11.0. The molecule has 4 heteroatoms. The van der Waals surface area contributed by atoms with Crippen molar-refractivity contribution in [3.63, 3.8) is 0 Å². The van der Waals surface area contributed by atoms with Gasteiger partial charge in [0.15, 0.2) is 0 Å². The molecule has 23 heavy (non-hydrogen) atoms. The molecule has 120 valence electrons. The summed E-state index contributed by atoms with van der Waals surface area (Å²) in [6.45, 7) is 9.81. The van der Waals surface area contributed by atoms with Gasteiger partial charge < -0.3 is 9.34 Å². The Hall–Kier alpha value is -1.99. The maximum Gasteiger partial charge on any atom is 0.288 e. The second-order valence-electron chi connectivity index (χ2n) is 6.11. The van der Waals surface area contributed by atoms with Crippen LogP contribution in [0.3, 0.4) is 0 Å². The summed E-state index contributed by atoms with van der Waals surface area (Å²) < 4.78 is 18.3. The van der Waals surface area contributed by atoms with Gasteiger partial charge in [0.1, 0.15) is 0 Å². The molecule has 0 spiro atoms. The molecule has 1 saturated heterocycles. The van der Waals surface area contributed by atoms with Crippen molar-refractivity contribution in [3.05, 3.63) is 72.6 Å². The molecule has 0 amide bonds. The molecule has 0 saturated carbocycles. The molecular formula is C19H23N2OP. The van der Waals surface area contributed by atoms with Crippen LogP contribution >= 0.6 is 7.44 Å². The fourth-order valence-corrected chi connectivity index (χ4v) is 6.18. The summed E-state index contributed by atoms with van der Waals surface area (Å²) in [5.41, 5.74) is 1.99. The Morgan fingerprint density at radius 2 is 1.30 bits per heavy atom. The van der Waals surface area contributed by atoms with Crippen molar-refractivity contribution in [1.29, 1.82) is 0 Å². The third-order valence-electron chi connectivity index (χ3n) is 4.33. The van der Waals surface area contributed by atoms with Gasteiger partial charge in [0.25, 0.3) is 7.44 Å². The monoisotopic (exact) mass is 326 g/mol. The van der Waals surface area contributed by atoms with E-state index in [1.807, 2.05) is 70.0 Å². The predicted molar refractivity (Wildman–Crippen MR) is 99.2 cm³/mol. The zero-order chi connectivity index (χ0) is 16.4. The largest absolute Gasteiger partial charge is 0.302 e. The van der Waals surface area contributed by atoms with Crippen LogP contribution in [0.25, 0.3) is 0 Å². The van der Waals surface area contributed by atoms with Crippen LogP contribution < -0.4 is 9.34 Å². The van der Waals surface area contributed by atoms with Crippen LogP contribution in [0.4, 0.5) is 11.4 Å². The molecule has 0 unspecified atom stereocenters. The van der Waals surface area contributed by atoms with Crippen molar-refractivity contribution in [1.82, 2.24) is 0 Å². The van der Waals surface area contributed by atoms with E-state index >= 15 is 0 Å². The summed E-state index contributed by atoms with van der Waals surface area (Å²) in [5.74, 6) is 0.163. The molecule has 1 fully saturated rings. The molecule has 0 bridgehead atoms. The average Bonchev–Trinajstić information content (AvgIpc) is 2.94. The van der Waals surface area contributed by atoms with Crippen molar-refractivity contribution < 1.29 is 4.57 Å². The fraction of sp³-hybridized carbons (Fsp3) is 0.263. The van der Waals surface area contributed by atoms with E-state index in [2.05, 4.69) is 20.4 Å². The average molecular weight is 326 g/mol. The van der Waals surface area contributed by atoms with Gasteiger partial charge in [0, 0.05) is 29.8 Å². The molecule has 2 aromatic carbocycles. The first-order valence-corrected chi connectivity index (χ1v) is 9.62. The number of hydrogen-bond acceptors (Lipinski definition) is 1. The fourth-order valence-electron chi connectivity index (χ4n) is 3.01. The third kappa shape index (κ3) is 2.70. The summed E-state index contributed by atoms with van der Waals surface area (Å²) in [6.07, 6.45) is 0. The lowest BCUT2D eigenvalue weighted by molar-refractivity contribution is 0.574. The normalized spacial score (nSPS) is 16.8. The zero-order valence-corrected chi connectivity index (χ0v) is 14.6. The number of hydrogen-bond donors (Lipinski definition) is 0. The first-order valence-electron chi connectivity index (χ1n) is 8.00. The predicted octanol–water partition coefficient (Wildman–Crippen LogP) is 5.38. The Kier molecular flexibility index (Phi) is 4.32. The quantitative estimate of drug-likeness (QED) is 0.705. The van der Waals surface area contributed by atoms with E-state index in [4.69, 9.17) is 0 Å². The van der Waals surface area contributed by atoms with Gasteiger partial charge in [-0.1, -0.05) is 56.8 Å². The van der Waals surface area contributed by atoms with Gasteiger partial charge in [-0.05, 0) is 30.2 Å². The van der Waals surface area contributed by atoms with E-state index in [0.29, 0.717) is 0 Å². The maximum absolute atomic E-state index is 14.2. The molecule has 3 nitrogen and oxygen atoms in total. The number of benzene rings is 2. The number of para-hydroxylation sites is 2. The number of nitrogens with zero attached hydrogens (tertiary/aromatic N) is 2. The van der Waals surface area contributed by atoms with E-state index in [9.17, 15) is 4.57 Å². The SMILES string of the molecule is C=C(C(C)C)P1(=O)N(c2ccccc2)CCN1c1ccccc1. The Bertz CT molecular complexity index is 676. The first kappa shape index (κ1) is 15.9. The van der Waals surface area contributed by atoms with Crippen molar-refractivity contribution in [3.8, 4) is 0 Å². The minimum atomic E-state index is -2.91. The summed E-state index contributed by atoms with van der Waals surface area (Å²) in [5, 5.41) is 0.808. The van der Waals surface area contributed by atoms with Crippen LogP contribution in [0.15, 0.2) is 72.6 Å². The van der Waals surface area contributed by atoms with E-state index < -0.39 is 7.44 Å². The zero-order valence-electron chi connectivity index (χ0n) is 13.7. The second-order valence-corrected chi connectivity index (χ2v) is 8.74. The second kappa shape index (κ2) is 6.25. The standard InChI is InChI=1S/C19H23N2OP/c1-16(2)17(3)23(22)20(18-10-6-4-7-11-18)14-15-21(23)19-12-8-5-9-13-19/h4-13,16H,3,14-15H2,1-2H3. The smallest absolute Gasteiger partial charge is 0.288 e. The molecule has 1 aliphatic rings. The van der Waals surface area contributed by atoms with Crippen LogP contribution in [0.5, 0.6) is 0 Å². The summed E-state index contributed by atoms with van der Waals surface area (Å²) >= 11 is 0. The summed E-state index contributed by atoms with van der Waals surface area (Å²) in [7, 11) is -2.91. The molecule has 1 heterocycles. The van der Waals surface area contributed by atoms with Crippen LogP contribution in [0.2, 0.25) is 0 Å². The lowest BCUT2D eigenvalue weighted by Gasteiger charge is -2.35. The van der Waals surface area contributed by atoms with E-state index in [1.54, 1.807) is 0 Å². The van der Waals surface area contributed by atoms with Crippen LogP contribution in [0, 0.1) is 5.92 Å². The molecule has 0 radical (unpaired) electrons. The van der Waals surface area contributed by atoms with Crippen LogP contribution in [0.1, 0.15) is 13.8 Å². The number of anilines is 2. The molecule has 0 aliphatic carbocycles. The van der Waals surface area contributed by atoms with E-state index in [0.717, 1.165) is 29.8 Å². The minimum Gasteiger partial charge on any atom is -0.302 e. The summed E-state index contributed by atoms with van der Waals surface area (Å²) in [4.78, 5) is 0.